The van der Waals surface area contributed by atoms with E-state index in [0.717, 1.165) is 12.1 Å². The van der Waals surface area contributed by atoms with E-state index in [-0.39, 0.29) is 5.91 Å². The van der Waals surface area contributed by atoms with Crippen molar-refractivity contribution in [3.05, 3.63) is 65.7 Å². The number of benzene rings is 2. The molecule has 1 N–H and O–H groups in total. The largest absolute Gasteiger partial charge is 0.326 e. The van der Waals surface area contributed by atoms with Gasteiger partial charge in [-0.1, -0.05) is 61.4 Å². The van der Waals surface area contributed by atoms with Crippen LogP contribution in [-0.2, 0) is 11.2 Å². The number of rotatable bonds is 5. The molecule has 2 heteroatoms. The number of anilines is 1. The summed E-state index contributed by atoms with van der Waals surface area (Å²) in [6.45, 7) is 0. The molecule has 1 amide bonds. The van der Waals surface area contributed by atoms with Gasteiger partial charge >= 0.3 is 0 Å². The van der Waals surface area contributed by atoms with Gasteiger partial charge in [0.25, 0.3) is 0 Å². The molecule has 0 unspecified atom stereocenters. The van der Waals surface area contributed by atoms with Crippen LogP contribution in [0.25, 0.3) is 0 Å². The van der Waals surface area contributed by atoms with E-state index in [0.29, 0.717) is 12.3 Å². The third-order valence-corrected chi connectivity index (χ3v) is 4.48. The van der Waals surface area contributed by atoms with Crippen LogP contribution in [0.2, 0.25) is 0 Å². The van der Waals surface area contributed by atoms with Crippen molar-refractivity contribution in [1.82, 2.24) is 0 Å². The summed E-state index contributed by atoms with van der Waals surface area (Å²) in [5, 5.41) is 3.12. The van der Waals surface area contributed by atoms with Gasteiger partial charge in [-0.05, 0) is 42.4 Å². The van der Waals surface area contributed by atoms with Crippen molar-refractivity contribution in [2.75, 3.05) is 5.32 Å². The van der Waals surface area contributed by atoms with E-state index in [1.54, 1.807) is 0 Å². The van der Waals surface area contributed by atoms with Crippen LogP contribution in [0.5, 0.6) is 0 Å². The van der Waals surface area contributed by atoms with E-state index in [1.807, 2.05) is 24.3 Å². The van der Waals surface area contributed by atoms with Crippen LogP contribution < -0.4 is 5.32 Å². The number of hydrogen-bond donors (Lipinski definition) is 1. The third-order valence-electron chi connectivity index (χ3n) is 4.48. The molecule has 1 aliphatic rings. The maximum atomic E-state index is 12.3. The lowest BCUT2D eigenvalue weighted by Crippen LogP contribution is -2.16. The van der Waals surface area contributed by atoms with E-state index in [9.17, 15) is 4.79 Å². The van der Waals surface area contributed by atoms with Crippen LogP contribution >= 0.6 is 0 Å². The molecule has 0 aromatic heterocycles. The van der Waals surface area contributed by atoms with E-state index in [4.69, 9.17) is 0 Å². The first kappa shape index (κ1) is 14.8. The van der Waals surface area contributed by atoms with Crippen LogP contribution in [0, 0.1) is 5.92 Å². The van der Waals surface area contributed by atoms with Gasteiger partial charge in [0.05, 0.1) is 0 Å². The van der Waals surface area contributed by atoms with Crippen LogP contribution in [-0.4, -0.2) is 5.91 Å². The van der Waals surface area contributed by atoms with Gasteiger partial charge < -0.3 is 5.32 Å². The molecule has 0 radical (unpaired) electrons. The van der Waals surface area contributed by atoms with E-state index in [1.165, 1.54) is 36.8 Å². The fraction of sp³-hybridized carbons (Fsp3) is 0.350. The Kier molecular flexibility index (Phi) is 4.89. The van der Waals surface area contributed by atoms with E-state index >= 15 is 0 Å². The minimum absolute atomic E-state index is 0.160. The number of carbonyl (C=O) groups is 1. The monoisotopic (exact) mass is 293 g/mol. The number of nitrogens with one attached hydrogen (secondary N) is 1. The zero-order valence-corrected chi connectivity index (χ0v) is 12.9. The van der Waals surface area contributed by atoms with Gasteiger partial charge in [-0.15, -0.1) is 0 Å². The fourth-order valence-electron chi connectivity index (χ4n) is 3.29. The predicted octanol–water partition coefficient (Wildman–Crippen LogP) is 4.80. The van der Waals surface area contributed by atoms with Crippen molar-refractivity contribution in [3.63, 3.8) is 0 Å². The van der Waals surface area contributed by atoms with Crippen molar-refractivity contribution in [2.24, 2.45) is 5.92 Å². The zero-order chi connectivity index (χ0) is 15.2. The molecule has 114 valence electrons. The highest BCUT2D eigenvalue weighted by molar-refractivity contribution is 5.91. The van der Waals surface area contributed by atoms with Crippen LogP contribution in [0.4, 0.5) is 5.69 Å². The summed E-state index contributed by atoms with van der Waals surface area (Å²) in [6.07, 6.45) is 6.49. The van der Waals surface area contributed by atoms with Crippen molar-refractivity contribution in [1.29, 1.82) is 0 Å². The van der Waals surface area contributed by atoms with Gasteiger partial charge in [0, 0.05) is 12.1 Å². The average molecular weight is 293 g/mol. The standard InChI is InChI=1S/C20H23NO/c22-20(15-17-10-4-5-11-17)21-19-13-7-6-12-18(19)14-16-8-2-1-3-9-16/h1-3,6-9,12-13,17H,4-5,10-11,14-15H2,(H,21,22). The van der Waals surface area contributed by atoms with Gasteiger partial charge in [-0.2, -0.15) is 0 Å². The lowest BCUT2D eigenvalue weighted by atomic mass is 10.0. The first-order chi connectivity index (χ1) is 10.8. The Morgan fingerprint density at radius 1 is 0.955 bits per heavy atom. The summed E-state index contributed by atoms with van der Waals surface area (Å²) < 4.78 is 0. The first-order valence-corrected chi connectivity index (χ1v) is 8.23. The summed E-state index contributed by atoms with van der Waals surface area (Å²) in [5.41, 5.74) is 3.39. The first-order valence-electron chi connectivity index (χ1n) is 8.23. The predicted molar refractivity (Wildman–Crippen MR) is 90.9 cm³/mol. The number of hydrogen-bond acceptors (Lipinski definition) is 1. The summed E-state index contributed by atoms with van der Waals surface area (Å²) in [6, 6.07) is 18.5. The second-order valence-corrected chi connectivity index (χ2v) is 6.22. The van der Waals surface area contributed by atoms with Crippen LogP contribution in [0.15, 0.2) is 54.6 Å². The lowest BCUT2D eigenvalue weighted by Gasteiger charge is -2.13. The Bertz CT molecular complexity index is 615. The van der Waals surface area contributed by atoms with Gasteiger partial charge in [-0.3, -0.25) is 4.79 Å². The van der Waals surface area contributed by atoms with Gasteiger partial charge in [-0.25, -0.2) is 0 Å². The van der Waals surface area contributed by atoms with Crippen molar-refractivity contribution < 1.29 is 4.79 Å². The molecule has 1 fully saturated rings. The Morgan fingerprint density at radius 2 is 1.64 bits per heavy atom. The minimum atomic E-state index is 0.160. The molecule has 2 aromatic rings. The molecular weight excluding hydrogens is 270 g/mol. The fourth-order valence-corrected chi connectivity index (χ4v) is 3.29. The number of amides is 1. The summed E-state index contributed by atoms with van der Waals surface area (Å²) in [7, 11) is 0. The highest BCUT2D eigenvalue weighted by Gasteiger charge is 2.18. The molecule has 22 heavy (non-hydrogen) atoms. The quantitative estimate of drug-likeness (QED) is 0.843. The highest BCUT2D eigenvalue weighted by Crippen LogP contribution is 2.28. The number of carbonyl (C=O) groups excluding carboxylic acids is 1. The molecule has 0 bridgehead atoms. The maximum Gasteiger partial charge on any atom is 0.224 e. The molecule has 2 aromatic carbocycles. The summed E-state index contributed by atoms with van der Waals surface area (Å²) >= 11 is 0. The molecule has 2 nitrogen and oxygen atoms in total. The third kappa shape index (κ3) is 3.97. The van der Waals surface area contributed by atoms with Gasteiger partial charge in [0.15, 0.2) is 0 Å². The topological polar surface area (TPSA) is 29.1 Å². The second kappa shape index (κ2) is 7.26. The van der Waals surface area contributed by atoms with Crippen LogP contribution in [0.1, 0.15) is 43.2 Å². The Hall–Kier alpha value is -2.09. The Morgan fingerprint density at radius 3 is 2.41 bits per heavy atom. The minimum Gasteiger partial charge on any atom is -0.326 e. The lowest BCUT2D eigenvalue weighted by molar-refractivity contribution is -0.117. The van der Waals surface area contributed by atoms with Crippen molar-refractivity contribution in [3.8, 4) is 0 Å². The van der Waals surface area contributed by atoms with Crippen molar-refractivity contribution in [2.45, 2.75) is 38.5 Å². The van der Waals surface area contributed by atoms with Gasteiger partial charge in [0.1, 0.15) is 0 Å². The Balaban J connectivity index is 1.66. The smallest absolute Gasteiger partial charge is 0.224 e. The molecule has 1 saturated carbocycles. The molecule has 1 aliphatic carbocycles. The average Bonchev–Trinajstić information content (AvgIpc) is 3.03. The molecule has 0 saturated heterocycles. The molecule has 3 rings (SSSR count). The molecule has 0 heterocycles. The SMILES string of the molecule is O=C(CC1CCCC1)Nc1ccccc1Cc1ccccc1. The highest BCUT2D eigenvalue weighted by atomic mass is 16.1. The molecular formula is C20H23NO. The molecule has 0 aliphatic heterocycles. The molecule has 0 atom stereocenters. The number of para-hydroxylation sites is 1. The van der Waals surface area contributed by atoms with Gasteiger partial charge in [0.2, 0.25) is 5.91 Å². The van der Waals surface area contributed by atoms with Crippen molar-refractivity contribution >= 4 is 11.6 Å². The molecule has 0 spiro atoms. The zero-order valence-electron chi connectivity index (χ0n) is 12.9. The summed E-state index contributed by atoms with van der Waals surface area (Å²) in [5.74, 6) is 0.744. The second-order valence-electron chi connectivity index (χ2n) is 6.22. The van der Waals surface area contributed by atoms with Crippen LogP contribution in [0.3, 0.4) is 0 Å². The van der Waals surface area contributed by atoms with E-state index in [2.05, 4.69) is 35.6 Å². The van der Waals surface area contributed by atoms with E-state index < -0.39 is 0 Å². The Labute approximate surface area is 132 Å². The summed E-state index contributed by atoms with van der Waals surface area (Å²) in [4.78, 5) is 12.3. The maximum absolute atomic E-state index is 12.3. The normalized spacial score (nSPS) is 14.9.